The van der Waals surface area contributed by atoms with Gasteiger partial charge in [-0.3, -0.25) is 0 Å². The minimum Gasteiger partial charge on any atom is -0.478 e. The number of amides is 2. The van der Waals surface area contributed by atoms with E-state index in [1.165, 1.54) is 12.1 Å². The summed E-state index contributed by atoms with van der Waals surface area (Å²) in [6.45, 7) is 3.82. The monoisotopic (exact) mass is 306 g/mol. The first-order valence-corrected chi connectivity index (χ1v) is 7.50. The van der Waals surface area contributed by atoms with Crippen molar-refractivity contribution in [3.63, 3.8) is 0 Å². The average molecular weight is 306 g/mol. The molecule has 0 aromatic heterocycles. The van der Waals surface area contributed by atoms with Crippen LogP contribution >= 0.6 is 0 Å². The molecule has 1 heterocycles. The summed E-state index contributed by atoms with van der Waals surface area (Å²) in [5, 5.41) is 14.5. The molecule has 3 N–H and O–H groups in total. The van der Waals surface area contributed by atoms with E-state index in [0.717, 1.165) is 25.0 Å². The van der Waals surface area contributed by atoms with Gasteiger partial charge in [0.1, 0.15) is 0 Å². The minimum absolute atomic E-state index is 0.207. The summed E-state index contributed by atoms with van der Waals surface area (Å²) in [6, 6.07) is 6.25. The Morgan fingerprint density at radius 3 is 2.64 bits per heavy atom. The molecule has 0 aliphatic carbocycles. The number of carbonyl (C=O) groups excluding carboxylic acids is 1. The number of nitrogens with one attached hydrogen (secondary N) is 2. The van der Waals surface area contributed by atoms with Gasteiger partial charge in [-0.1, -0.05) is 12.1 Å². The first-order valence-electron chi connectivity index (χ1n) is 7.50. The third-order valence-corrected chi connectivity index (χ3v) is 3.80. The molecule has 1 aromatic carbocycles. The average Bonchev–Trinajstić information content (AvgIpc) is 2.51. The molecule has 1 aromatic rings. The Balaban J connectivity index is 1.70. The zero-order chi connectivity index (χ0) is 15.9. The van der Waals surface area contributed by atoms with Crippen LogP contribution in [-0.2, 0) is 11.3 Å². The van der Waals surface area contributed by atoms with Crippen molar-refractivity contribution < 1.29 is 19.4 Å². The Kier molecular flexibility index (Phi) is 5.77. The van der Waals surface area contributed by atoms with Crippen molar-refractivity contribution in [1.82, 2.24) is 10.6 Å². The van der Waals surface area contributed by atoms with Crippen LogP contribution in [0.2, 0.25) is 0 Å². The fourth-order valence-corrected chi connectivity index (χ4v) is 2.52. The Hall–Kier alpha value is -2.08. The van der Waals surface area contributed by atoms with E-state index >= 15 is 0 Å². The summed E-state index contributed by atoms with van der Waals surface area (Å²) >= 11 is 0. The van der Waals surface area contributed by atoms with Gasteiger partial charge < -0.3 is 20.5 Å². The summed E-state index contributed by atoms with van der Waals surface area (Å²) in [6.07, 6.45) is 2.20. The highest BCUT2D eigenvalue weighted by Gasteiger charge is 2.19. The maximum atomic E-state index is 11.8. The number of hydrogen-bond donors (Lipinski definition) is 3. The SMILES string of the molecule is CC1CC(CNC(=O)NCc2ccc(C(=O)O)cc2)CCO1. The molecule has 22 heavy (non-hydrogen) atoms. The van der Waals surface area contributed by atoms with Crippen LogP contribution in [0, 0.1) is 5.92 Å². The highest BCUT2D eigenvalue weighted by atomic mass is 16.5. The number of ether oxygens (including phenoxy) is 1. The first-order chi connectivity index (χ1) is 10.5. The molecule has 2 unspecified atom stereocenters. The van der Waals surface area contributed by atoms with Crippen molar-refractivity contribution in [2.75, 3.05) is 13.2 Å². The van der Waals surface area contributed by atoms with Crippen molar-refractivity contribution in [2.24, 2.45) is 5.92 Å². The molecule has 0 spiro atoms. The van der Waals surface area contributed by atoms with Crippen LogP contribution in [-0.4, -0.2) is 36.4 Å². The Labute approximate surface area is 129 Å². The van der Waals surface area contributed by atoms with Gasteiger partial charge in [0, 0.05) is 19.7 Å². The molecular formula is C16H22N2O4. The number of carboxylic acids is 1. The van der Waals surface area contributed by atoms with Crippen molar-refractivity contribution in [3.8, 4) is 0 Å². The second-order valence-corrected chi connectivity index (χ2v) is 5.64. The van der Waals surface area contributed by atoms with Crippen LogP contribution in [0.15, 0.2) is 24.3 Å². The van der Waals surface area contributed by atoms with E-state index in [9.17, 15) is 9.59 Å². The quantitative estimate of drug-likeness (QED) is 0.776. The summed E-state index contributed by atoms with van der Waals surface area (Å²) in [7, 11) is 0. The van der Waals surface area contributed by atoms with E-state index in [2.05, 4.69) is 10.6 Å². The first kappa shape index (κ1) is 16.3. The van der Waals surface area contributed by atoms with Gasteiger partial charge in [0.25, 0.3) is 0 Å². The number of hydrogen-bond acceptors (Lipinski definition) is 3. The van der Waals surface area contributed by atoms with Crippen LogP contribution in [0.5, 0.6) is 0 Å². The Morgan fingerprint density at radius 1 is 1.27 bits per heavy atom. The number of carboxylic acid groups (broad SMARTS) is 1. The van der Waals surface area contributed by atoms with Gasteiger partial charge in [-0.15, -0.1) is 0 Å². The summed E-state index contributed by atoms with van der Waals surface area (Å²) in [5.74, 6) is -0.493. The lowest BCUT2D eigenvalue weighted by molar-refractivity contribution is 0.00346. The van der Waals surface area contributed by atoms with Gasteiger partial charge >= 0.3 is 12.0 Å². The fourth-order valence-electron chi connectivity index (χ4n) is 2.52. The molecule has 2 amide bonds. The van der Waals surface area contributed by atoms with E-state index < -0.39 is 5.97 Å². The van der Waals surface area contributed by atoms with Crippen molar-refractivity contribution in [1.29, 1.82) is 0 Å². The molecule has 0 bridgehead atoms. The predicted molar refractivity (Wildman–Crippen MR) is 81.8 cm³/mol. The predicted octanol–water partition coefficient (Wildman–Crippen LogP) is 2.00. The molecule has 1 fully saturated rings. The normalized spacial score (nSPS) is 21.1. The van der Waals surface area contributed by atoms with E-state index in [4.69, 9.17) is 9.84 Å². The molecule has 6 heteroatoms. The van der Waals surface area contributed by atoms with Crippen molar-refractivity contribution >= 4 is 12.0 Å². The highest BCUT2D eigenvalue weighted by molar-refractivity contribution is 5.87. The maximum Gasteiger partial charge on any atom is 0.335 e. The van der Waals surface area contributed by atoms with Crippen LogP contribution in [0.25, 0.3) is 0 Å². The lowest BCUT2D eigenvalue weighted by Gasteiger charge is -2.27. The van der Waals surface area contributed by atoms with E-state index in [1.54, 1.807) is 12.1 Å². The van der Waals surface area contributed by atoms with Crippen LogP contribution in [0.1, 0.15) is 35.7 Å². The van der Waals surface area contributed by atoms with E-state index in [1.807, 2.05) is 6.92 Å². The smallest absolute Gasteiger partial charge is 0.335 e. The molecule has 6 nitrogen and oxygen atoms in total. The minimum atomic E-state index is -0.956. The fraction of sp³-hybridized carbons (Fsp3) is 0.500. The molecule has 2 atom stereocenters. The summed E-state index contributed by atoms with van der Waals surface area (Å²) in [4.78, 5) is 22.5. The van der Waals surface area contributed by atoms with Gasteiger partial charge in [0.05, 0.1) is 11.7 Å². The highest BCUT2D eigenvalue weighted by Crippen LogP contribution is 2.18. The Bertz CT molecular complexity index is 515. The molecule has 1 aliphatic rings. The zero-order valence-corrected chi connectivity index (χ0v) is 12.7. The number of urea groups is 1. The number of carbonyl (C=O) groups is 2. The van der Waals surface area contributed by atoms with Gasteiger partial charge in [-0.25, -0.2) is 9.59 Å². The topological polar surface area (TPSA) is 87.7 Å². The maximum absolute atomic E-state index is 11.8. The van der Waals surface area contributed by atoms with E-state index in [0.29, 0.717) is 19.0 Å². The molecule has 1 saturated heterocycles. The summed E-state index contributed by atoms with van der Waals surface area (Å²) < 4.78 is 5.48. The van der Waals surface area contributed by atoms with Crippen LogP contribution < -0.4 is 10.6 Å². The van der Waals surface area contributed by atoms with Crippen LogP contribution in [0.3, 0.4) is 0 Å². The lowest BCUT2D eigenvalue weighted by atomic mass is 9.96. The summed E-state index contributed by atoms with van der Waals surface area (Å²) in [5.41, 5.74) is 1.10. The van der Waals surface area contributed by atoms with Crippen molar-refractivity contribution in [3.05, 3.63) is 35.4 Å². The Morgan fingerprint density at radius 2 is 2.00 bits per heavy atom. The van der Waals surface area contributed by atoms with Gasteiger partial charge in [-0.2, -0.15) is 0 Å². The molecule has 1 aliphatic heterocycles. The van der Waals surface area contributed by atoms with Gasteiger partial charge in [0.15, 0.2) is 0 Å². The number of rotatable bonds is 5. The second kappa shape index (κ2) is 7.79. The number of aromatic carboxylic acids is 1. The van der Waals surface area contributed by atoms with Gasteiger partial charge in [0.2, 0.25) is 0 Å². The molecule has 2 rings (SSSR count). The number of benzene rings is 1. The molecule has 0 saturated carbocycles. The zero-order valence-electron chi connectivity index (χ0n) is 12.7. The molecular weight excluding hydrogens is 284 g/mol. The van der Waals surface area contributed by atoms with Crippen LogP contribution in [0.4, 0.5) is 4.79 Å². The van der Waals surface area contributed by atoms with Gasteiger partial charge in [-0.05, 0) is 43.4 Å². The molecule has 0 radical (unpaired) electrons. The third-order valence-electron chi connectivity index (χ3n) is 3.80. The lowest BCUT2D eigenvalue weighted by Crippen LogP contribution is -2.39. The largest absolute Gasteiger partial charge is 0.478 e. The second-order valence-electron chi connectivity index (χ2n) is 5.64. The molecule has 120 valence electrons. The standard InChI is InChI=1S/C16H22N2O4/c1-11-8-13(6-7-22-11)10-18-16(21)17-9-12-2-4-14(5-3-12)15(19)20/h2-5,11,13H,6-10H2,1H3,(H,19,20)(H2,17,18,21). The van der Waals surface area contributed by atoms with Crippen molar-refractivity contribution in [2.45, 2.75) is 32.4 Å². The van der Waals surface area contributed by atoms with E-state index in [-0.39, 0.29) is 17.7 Å². The third kappa shape index (κ3) is 5.04.